The van der Waals surface area contributed by atoms with Gasteiger partial charge in [-0.1, -0.05) is 29.3 Å². The fourth-order valence-corrected chi connectivity index (χ4v) is 5.31. The molecular formula is C29H28Cl2F2N2O10S. The summed E-state index contributed by atoms with van der Waals surface area (Å²) in [4.78, 5) is 25.8. The van der Waals surface area contributed by atoms with Crippen LogP contribution >= 0.6 is 23.2 Å². The second-order valence-electron chi connectivity index (χ2n) is 10.2. The zero-order chi connectivity index (χ0) is 33.6. The normalized spacial score (nSPS) is 13.5. The minimum absolute atomic E-state index is 0.0173. The molecule has 1 unspecified atom stereocenters. The van der Waals surface area contributed by atoms with Crippen LogP contribution < -0.4 is 23.7 Å². The fourth-order valence-electron chi connectivity index (χ4n) is 4.17. The zero-order valence-corrected chi connectivity index (χ0v) is 26.7. The number of anilines is 1. The van der Waals surface area contributed by atoms with Crippen LogP contribution in [-0.2, 0) is 30.7 Å². The lowest BCUT2D eigenvalue weighted by Gasteiger charge is -2.21. The van der Waals surface area contributed by atoms with Gasteiger partial charge >= 0.3 is 18.6 Å². The van der Waals surface area contributed by atoms with Crippen LogP contribution in [0.2, 0.25) is 10.0 Å². The highest BCUT2D eigenvalue weighted by Gasteiger charge is 2.27. The molecular weight excluding hydrogens is 677 g/mol. The SMILES string of the molecule is COc1cc(NS(C)(=O)=O)cc(C(=O)OCC(=O)OC(Cc2c(Cl)c[n+]([O-])cc2Cl)c2ccc(OC(F)F)c(OCC3CC3)c2)c1. The Kier molecular flexibility index (Phi) is 11.3. The number of sulfonamides is 1. The molecule has 0 spiro atoms. The van der Waals surface area contributed by atoms with Crippen LogP contribution in [0.25, 0.3) is 0 Å². The molecule has 1 atom stereocenters. The van der Waals surface area contributed by atoms with Crippen LogP contribution in [0.1, 0.15) is 40.4 Å². The van der Waals surface area contributed by atoms with Crippen LogP contribution in [-0.4, -0.2) is 53.5 Å². The Morgan fingerprint density at radius 1 is 1.09 bits per heavy atom. The Morgan fingerprint density at radius 3 is 2.39 bits per heavy atom. The first-order chi connectivity index (χ1) is 21.7. The smallest absolute Gasteiger partial charge is 0.387 e. The number of ether oxygens (including phenoxy) is 5. The van der Waals surface area contributed by atoms with Crippen molar-refractivity contribution in [3.63, 3.8) is 0 Å². The first-order valence-corrected chi connectivity index (χ1v) is 16.2. The van der Waals surface area contributed by atoms with Crippen molar-refractivity contribution in [3.8, 4) is 17.2 Å². The average Bonchev–Trinajstić information content (AvgIpc) is 3.80. The number of methoxy groups -OCH3 is 1. The number of esters is 2. The van der Waals surface area contributed by atoms with Crippen molar-refractivity contribution in [2.24, 2.45) is 5.92 Å². The van der Waals surface area contributed by atoms with Gasteiger partial charge in [0, 0.05) is 18.1 Å². The summed E-state index contributed by atoms with van der Waals surface area (Å²) >= 11 is 12.5. The maximum Gasteiger partial charge on any atom is 0.387 e. The van der Waals surface area contributed by atoms with E-state index in [9.17, 15) is 32.0 Å². The number of alkyl halides is 2. The van der Waals surface area contributed by atoms with Gasteiger partial charge in [-0.05, 0) is 48.6 Å². The maximum absolute atomic E-state index is 13.1. The van der Waals surface area contributed by atoms with E-state index in [4.69, 9.17) is 42.1 Å². The van der Waals surface area contributed by atoms with Crippen molar-refractivity contribution in [3.05, 3.63) is 80.7 Å². The van der Waals surface area contributed by atoms with E-state index in [1.54, 1.807) is 0 Å². The van der Waals surface area contributed by atoms with Crippen molar-refractivity contribution in [1.29, 1.82) is 0 Å². The average molecular weight is 706 g/mol. The van der Waals surface area contributed by atoms with Gasteiger partial charge in [0.25, 0.3) is 0 Å². The molecule has 1 heterocycles. The van der Waals surface area contributed by atoms with Gasteiger partial charge in [0.2, 0.25) is 10.0 Å². The Morgan fingerprint density at radius 2 is 1.78 bits per heavy atom. The predicted octanol–water partition coefficient (Wildman–Crippen LogP) is 5.08. The van der Waals surface area contributed by atoms with Crippen molar-refractivity contribution in [2.45, 2.75) is 32.0 Å². The van der Waals surface area contributed by atoms with E-state index >= 15 is 0 Å². The first-order valence-electron chi connectivity index (χ1n) is 13.5. The Hall–Kier alpha value is -4.08. The molecule has 17 heteroatoms. The Labute approximate surface area is 272 Å². The molecule has 0 radical (unpaired) electrons. The second-order valence-corrected chi connectivity index (χ2v) is 12.8. The molecule has 0 saturated heterocycles. The topological polar surface area (TPSA) is 153 Å². The molecule has 1 aromatic heterocycles. The van der Waals surface area contributed by atoms with Gasteiger partial charge in [-0.3, -0.25) is 4.72 Å². The molecule has 0 amide bonds. The molecule has 1 aliphatic carbocycles. The summed E-state index contributed by atoms with van der Waals surface area (Å²) in [5.41, 5.74) is 0.394. The van der Waals surface area contributed by atoms with Gasteiger partial charge < -0.3 is 28.9 Å². The number of rotatable bonds is 15. The Balaban J connectivity index is 1.57. The minimum Gasteiger partial charge on any atom is -0.619 e. The number of nitrogens with one attached hydrogen (secondary N) is 1. The second kappa shape index (κ2) is 15.0. The number of carbonyl (C=O) groups excluding carboxylic acids is 2. The number of aromatic nitrogens is 1. The lowest BCUT2D eigenvalue weighted by atomic mass is 10.0. The summed E-state index contributed by atoms with van der Waals surface area (Å²) in [6.45, 7) is -3.74. The Bertz CT molecular complexity index is 1680. The van der Waals surface area contributed by atoms with Gasteiger partial charge in [-0.15, -0.1) is 0 Å². The lowest BCUT2D eigenvalue weighted by molar-refractivity contribution is -0.605. The third-order valence-electron chi connectivity index (χ3n) is 6.45. The van der Waals surface area contributed by atoms with Gasteiger partial charge in [0.15, 0.2) is 30.5 Å². The largest absolute Gasteiger partial charge is 0.619 e. The number of carbonyl (C=O) groups is 2. The van der Waals surface area contributed by atoms with E-state index in [2.05, 4.69) is 9.46 Å². The molecule has 0 bridgehead atoms. The first kappa shape index (κ1) is 34.8. The highest BCUT2D eigenvalue weighted by Crippen LogP contribution is 2.38. The highest BCUT2D eigenvalue weighted by molar-refractivity contribution is 7.92. The summed E-state index contributed by atoms with van der Waals surface area (Å²) in [5, 5.41) is 11.7. The van der Waals surface area contributed by atoms with Crippen LogP contribution in [0.4, 0.5) is 14.5 Å². The molecule has 1 aliphatic rings. The molecule has 2 aromatic carbocycles. The van der Waals surface area contributed by atoms with E-state index in [0.717, 1.165) is 31.5 Å². The number of benzene rings is 2. The summed E-state index contributed by atoms with van der Waals surface area (Å²) in [6.07, 6.45) is 3.52. The van der Waals surface area contributed by atoms with Crippen molar-refractivity contribution >= 4 is 50.9 Å². The van der Waals surface area contributed by atoms with Crippen molar-refractivity contribution in [2.75, 3.05) is 31.3 Å². The number of hydrogen-bond donors (Lipinski definition) is 1. The molecule has 46 heavy (non-hydrogen) atoms. The quantitative estimate of drug-likeness (QED) is 0.129. The number of pyridine rings is 1. The van der Waals surface area contributed by atoms with Crippen LogP contribution in [0.5, 0.6) is 17.2 Å². The van der Waals surface area contributed by atoms with Crippen molar-refractivity contribution in [1.82, 2.24) is 0 Å². The van der Waals surface area contributed by atoms with Crippen molar-refractivity contribution < 1.29 is 55.2 Å². The maximum atomic E-state index is 13.1. The van der Waals surface area contributed by atoms with Gasteiger partial charge in [0.05, 0.1) is 31.2 Å². The van der Waals surface area contributed by atoms with Crippen LogP contribution in [0.3, 0.4) is 0 Å². The third-order valence-corrected chi connectivity index (χ3v) is 7.71. The summed E-state index contributed by atoms with van der Waals surface area (Å²) in [6, 6.07) is 7.78. The summed E-state index contributed by atoms with van der Waals surface area (Å²) in [5.74, 6) is -1.86. The molecule has 0 aliphatic heterocycles. The zero-order valence-electron chi connectivity index (χ0n) is 24.3. The monoisotopic (exact) mass is 704 g/mol. The highest BCUT2D eigenvalue weighted by atomic mass is 35.5. The van der Waals surface area contributed by atoms with Gasteiger partial charge in [-0.2, -0.15) is 13.5 Å². The van der Waals surface area contributed by atoms with Gasteiger partial charge in [-0.25, -0.2) is 18.0 Å². The molecule has 1 saturated carbocycles. The summed E-state index contributed by atoms with van der Waals surface area (Å²) in [7, 11) is -2.38. The van der Waals surface area contributed by atoms with E-state index in [-0.39, 0.29) is 68.6 Å². The molecule has 248 valence electrons. The molecule has 1 N–H and O–H groups in total. The number of hydrogen-bond acceptors (Lipinski definition) is 10. The molecule has 3 aromatic rings. The lowest BCUT2D eigenvalue weighted by Crippen LogP contribution is -2.26. The van der Waals surface area contributed by atoms with Crippen LogP contribution in [0, 0.1) is 11.1 Å². The third kappa shape index (κ3) is 10.2. The van der Waals surface area contributed by atoms with Gasteiger partial charge in [0.1, 0.15) is 21.9 Å². The van der Waals surface area contributed by atoms with E-state index in [1.807, 2.05) is 0 Å². The fraction of sp³-hybridized carbons (Fsp3) is 0.345. The summed E-state index contributed by atoms with van der Waals surface area (Å²) < 4.78 is 78.3. The minimum atomic E-state index is -3.68. The number of nitrogens with zero attached hydrogens (tertiary/aromatic N) is 1. The van der Waals surface area contributed by atoms with E-state index in [0.29, 0.717) is 4.73 Å². The van der Waals surface area contributed by atoms with E-state index < -0.39 is 41.3 Å². The number of halogens is 4. The van der Waals surface area contributed by atoms with Crippen LogP contribution in [0.15, 0.2) is 48.8 Å². The molecule has 1 fully saturated rings. The molecule has 12 nitrogen and oxygen atoms in total. The predicted molar refractivity (Wildman–Crippen MR) is 161 cm³/mol. The van der Waals surface area contributed by atoms with E-state index in [1.165, 1.54) is 43.5 Å². The standard InChI is InChI=1S/C29H28Cl2F2N2O10S/c1-41-20-8-18(7-19(10-20)34-46(2,39)40)28(37)43-15-27(36)44-25(11-21-22(30)12-35(38)13-23(21)31)17-5-6-24(45-29(32)33)26(9-17)42-14-16-3-4-16/h5-10,12-13,16,25,29,34H,3-4,11,14-15H2,1-2H3. The molecule has 4 rings (SSSR count).